The maximum absolute atomic E-state index is 11.8. The van der Waals surface area contributed by atoms with E-state index in [2.05, 4.69) is 21.2 Å². The summed E-state index contributed by atoms with van der Waals surface area (Å²) >= 11 is 3.52. The highest BCUT2D eigenvalue weighted by Gasteiger charge is 2.41. The lowest BCUT2D eigenvalue weighted by Crippen LogP contribution is -2.56. The molecule has 1 atom stereocenters. The second-order valence-electron chi connectivity index (χ2n) is 7.93. The largest absolute Gasteiger partial charge is 0.508 e. The number of ether oxygens (including phenoxy) is 1. The van der Waals surface area contributed by atoms with Crippen molar-refractivity contribution in [3.8, 4) is 11.5 Å². The molecule has 1 fully saturated rings. The van der Waals surface area contributed by atoms with Crippen molar-refractivity contribution in [1.82, 2.24) is 10.2 Å². The molecule has 2 N–H and O–H groups in total. The van der Waals surface area contributed by atoms with E-state index in [4.69, 9.17) is 9.73 Å². The summed E-state index contributed by atoms with van der Waals surface area (Å²) in [5.41, 5.74) is 2.37. The lowest BCUT2D eigenvalue weighted by atomic mass is 9.87. The molecule has 1 spiro atoms. The number of nitrogens with zero attached hydrogens (tertiary/aromatic N) is 2. The molecule has 158 valence electrons. The first-order chi connectivity index (χ1) is 14.4. The van der Waals surface area contributed by atoms with Gasteiger partial charge < -0.3 is 14.7 Å². The molecule has 2 aliphatic heterocycles. The quantitative estimate of drug-likeness (QED) is 0.708. The molecule has 2 aromatic rings. The molecule has 0 saturated carbocycles. The number of hydrogen-bond donors (Lipinski definition) is 2. The molecule has 7 heteroatoms. The predicted octanol–water partition coefficient (Wildman–Crippen LogP) is 4.03. The van der Waals surface area contributed by atoms with Crippen LogP contribution in [0.15, 0.2) is 51.9 Å². The zero-order valence-corrected chi connectivity index (χ0v) is 18.8. The molecule has 0 bridgehead atoms. The van der Waals surface area contributed by atoms with Crippen LogP contribution in [0.3, 0.4) is 0 Å². The van der Waals surface area contributed by atoms with Crippen LogP contribution in [0.1, 0.15) is 43.4 Å². The first kappa shape index (κ1) is 20.9. The summed E-state index contributed by atoms with van der Waals surface area (Å²) in [4.78, 5) is 18.8. The van der Waals surface area contributed by atoms with E-state index in [1.165, 1.54) is 0 Å². The summed E-state index contributed by atoms with van der Waals surface area (Å²) in [6.07, 6.45) is 2.10. The van der Waals surface area contributed by atoms with Crippen LogP contribution in [-0.2, 0) is 4.79 Å². The third-order valence-corrected chi connectivity index (χ3v) is 6.49. The van der Waals surface area contributed by atoms with Gasteiger partial charge in [-0.15, -0.1) is 0 Å². The van der Waals surface area contributed by atoms with E-state index in [9.17, 15) is 9.90 Å². The van der Waals surface area contributed by atoms with Crippen molar-refractivity contribution in [2.24, 2.45) is 4.99 Å². The first-order valence-electron chi connectivity index (χ1n) is 10.1. The third-order valence-electron chi connectivity index (χ3n) is 5.99. The number of aliphatic imine (C=N–C) groups is 1. The van der Waals surface area contributed by atoms with Gasteiger partial charge in [-0.2, -0.15) is 0 Å². The van der Waals surface area contributed by atoms with Gasteiger partial charge in [-0.1, -0.05) is 28.1 Å². The molecular weight excluding hydrogens is 446 g/mol. The Kier molecular flexibility index (Phi) is 5.84. The highest BCUT2D eigenvalue weighted by Crippen LogP contribution is 2.38. The number of piperidine rings is 1. The number of phenols is 1. The molecule has 2 aliphatic rings. The van der Waals surface area contributed by atoms with Gasteiger partial charge in [0.05, 0.1) is 7.11 Å². The van der Waals surface area contributed by atoms with E-state index < -0.39 is 5.66 Å². The van der Waals surface area contributed by atoms with Gasteiger partial charge in [0.2, 0.25) is 5.91 Å². The molecule has 2 heterocycles. The molecule has 4 rings (SSSR count). The van der Waals surface area contributed by atoms with Gasteiger partial charge in [-0.05, 0) is 35.9 Å². The number of halogens is 1. The van der Waals surface area contributed by atoms with Crippen LogP contribution in [0.5, 0.6) is 11.5 Å². The smallest absolute Gasteiger partial charge is 0.219 e. The third kappa shape index (κ3) is 4.23. The summed E-state index contributed by atoms with van der Waals surface area (Å²) in [5.74, 6) is 1.15. The Hall–Kier alpha value is -2.38. The molecule has 30 heavy (non-hydrogen) atoms. The Labute approximate surface area is 185 Å². The lowest BCUT2D eigenvalue weighted by Gasteiger charge is -2.45. The maximum atomic E-state index is 11.8. The average molecular weight is 472 g/mol. The highest BCUT2D eigenvalue weighted by atomic mass is 79.9. The van der Waals surface area contributed by atoms with Crippen molar-refractivity contribution in [2.75, 3.05) is 20.2 Å². The fourth-order valence-corrected chi connectivity index (χ4v) is 4.71. The minimum atomic E-state index is -0.470. The van der Waals surface area contributed by atoms with Gasteiger partial charge in [0.25, 0.3) is 0 Å². The summed E-state index contributed by atoms with van der Waals surface area (Å²) < 4.78 is 6.33. The Bertz CT molecular complexity index is 983. The van der Waals surface area contributed by atoms with Crippen LogP contribution in [-0.4, -0.2) is 47.5 Å². The number of phenolic OH excluding ortho intramolecular Hbond substituents is 1. The van der Waals surface area contributed by atoms with Crippen LogP contribution in [0, 0.1) is 0 Å². The molecule has 0 aliphatic carbocycles. The number of rotatable bonds is 3. The van der Waals surface area contributed by atoms with Crippen molar-refractivity contribution in [1.29, 1.82) is 0 Å². The van der Waals surface area contributed by atoms with Crippen molar-refractivity contribution in [3.63, 3.8) is 0 Å². The number of carbonyl (C=O) groups is 1. The van der Waals surface area contributed by atoms with Gasteiger partial charge in [-0.3, -0.25) is 15.1 Å². The Morgan fingerprint density at radius 1 is 1.27 bits per heavy atom. The van der Waals surface area contributed by atoms with E-state index in [1.54, 1.807) is 20.1 Å². The molecule has 1 amide bonds. The number of likely N-dealkylation sites (tertiary alicyclic amines) is 1. The molecule has 0 aromatic heterocycles. The summed E-state index contributed by atoms with van der Waals surface area (Å²) in [7, 11) is 1.66. The van der Waals surface area contributed by atoms with Gasteiger partial charge in [-0.25, -0.2) is 0 Å². The van der Waals surface area contributed by atoms with Gasteiger partial charge in [0, 0.05) is 61.1 Å². The van der Waals surface area contributed by atoms with Crippen molar-refractivity contribution in [3.05, 3.63) is 58.1 Å². The minimum absolute atomic E-state index is 0.0925. The number of benzene rings is 2. The van der Waals surface area contributed by atoms with E-state index in [-0.39, 0.29) is 17.7 Å². The number of nitrogens with one attached hydrogen (secondary N) is 1. The van der Waals surface area contributed by atoms with Gasteiger partial charge >= 0.3 is 0 Å². The van der Waals surface area contributed by atoms with Gasteiger partial charge in [0.1, 0.15) is 17.2 Å². The van der Waals surface area contributed by atoms with Crippen LogP contribution >= 0.6 is 15.9 Å². The van der Waals surface area contributed by atoms with Crippen LogP contribution in [0.2, 0.25) is 0 Å². The molecule has 0 radical (unpaired) electrons. The summed E-state index contributed by atoms with van der Waals surface area (Å²) in [6, 6.07) is 13.3. The van der Waals surface area contributed by atoms with Crippen molar-refractivity contribution in [2.45, 2.75) is 37.9 Å². The minimum Gasteiger partial charge on any atom is -0.508 e. The van der Waals surface area contributed by atoms with Crippen LogP contribution in [0.4, 0.5) is 0 Å². The van der Waals surface area contributed by atoms with E-state index in [1.807, 2.05) is 41.3 Å². The second kappa shape index (κ2) is 8.40. The predicted molar refractivity (Wildman–Crippen MR) is 120 cm³/mol. The summed E-state index contributed by atoms with van der Waals surface area (Å²) in [6.45, 7) is 2.93. The number of hydrogen-bond acceptors (Lipinski definition) is 5. The molecule has 1 saturated heterocycles. The van der Waals surface area contributed by atoms with Gasteiger partial charge in [0.15, 0.2) is 0 Å². The van der Waals surface area contributed by atoms with Crippen molar-refractivity contribution >= 4 is 27.5 Å². The van der Waals surface area contributed by atoms with Crippen LogP contribution < -0.4 is 10.1 Å². The number of carbonyl (C=O) groups excluding carboxylic acids is 1. The summed E-state index contributed by atoms with van der Waals surface area (Å²) in [5, 5.41) is 14.3. The van der Waals surface area contributed by atoms with Crippen molar-refractivity contribution < 1.29 is 14.6 Å². The van der Waals surface area contributed by atoms with E-state index >= 15 is 0 Å². The standard InChI is InChI=1S/C23H26BrN3O3/c1-15(28)27-10-8-23(9-11-27)25-20(16-4-3-5-18(12-16)30-2)14-21(26-23)19-13-17(24)6-7-22(19)29/h3-7,12-13,21,26,29H,8-11,14H2,1-2H3. The number of aromatic hydroxyl groups is 1. The second-order valence-corrected chi connectivity index (χ2v) is 8.85. The average Bonchev–Trinajstić information content (AvgIpc) is 2.75. The fraction of sp³-hybridized carbons (Fsp3) is 0.391. The molecule has 2 aromatic carbocycles. The fourth-order valence-electron chi connectivity index (χ4n) is 4.33. The van der Waals surface area contributed by atoms with Crippen LogP contribution in [0.25, 0.3) is 0 Å². The SMILES string of the molecule is COc1cccc(C2=NC3(CCN(C(C)=O)CC3)NC(c3cc(Br)ccc3O)C2)c1. The topological polar surface area (TPSA) is 74.2 Å². The highest BCUT2D eigenvalue weighted by molar-refractivity contribution is 9.10. The Balaban J connectivity index is 1.73. The normalized spacial score (nSPS) is 20.7. The maximum Gasteiger partial charge on any atom is 0.219 e. The molecule has 1 unspecified atom stereocenters. The lowest BCUT2D eigenvalue weighted by molar-refractivity contribution is -0.130. The first-order valence-corrected chi connectivity index (χ1v) is 10.9. The van der Waals surface area contributed by atoms with E-state index in [0.29, 0.717) is 19.5 Å². The zero-order chi connectivity index (χ0) is 21.3. The Morgan fingerprint density at radius 2 is 2.03 bits per heavy atom. The number of amides is 1. The number of methoxy groups -OCH3 is 1. The zero-order valence-electron chi connectivity index (χ0n) is 17.2. The molecule has 6 nitrogen and oxygen atoms in total. The Morgan fingerprint density at radius 3 is 2.73 bits per heavy atom. The van der Waals surface area contributed by atoms with E-state index in [0.717, 1.165) is 39.9 Å². The monoisotopic (exact) mass is 471 g/mol. The molecular formula is C23H26BrN3O3.